The van der Waals surface area contributed by atoms with Crippen LogP contribution in [0.2, 0.25) is 0 Å². The number of morpholine rings is 1. The number of amides is 1. The predicted molar refractivity (Wildman–Crippen MR) is 181 cm³/mol. The summed E-state index contributed by atoms with van der Waals surface area (Å²) in [4.78, 5) is 14.9. The van der Waals surface area contributed by atoms with E-state index in [4.69, 9.17) is 14.2 Å². The number of nitrogens with zero attached hydrogens (tertiary/aromatic N) is 1. The maximum Gasteiger partial charge on any atom is 0.237 e. The van der Waals surface area contributed by atoms with Gasteiger partial charge in [-0.15, -0.1) is 0 Å². The minimum atomic E-state index is -1.26. The van der Waals surface area contributed by atoms with Crippen molar-refractivity contribution in [2.24, 2.45) is 50.7 Å². The fraction of sp³-hybridized carbons (Fsp3) is 0.974. The Kier molecular flexibility index (Phi) is 7.93. The number of carbonyl (C=O) groups excluding carboxylic acids is 1. The molecule has 3 aliphatic heterocycles. The van der Waals surface area contributed by atoms with Crippen molar-refractivity contribution in [3.8, 4) is 0 Å². The zero-order valence-electron chi connectivity index (χ0n) is 30.7. The molecule has 0 aromatic carbocycles. The molecular weight excluding hydrogens is 608 g/mol. The summed E-state index contributed by atoms with van der Waals surface area (Å²) in [5.41, 5.74) is -1.01. The van der Waals surface area contributed by atoms with Crippen molar-refractivity contribution < 1.29 is 34.3 Å². The SMILES string of the molecule is C[C@@H]1CC([C@H](O)C(C)(C)O)OC2C1[C@@]1(C)CCC34C[C@@]35CC[C@H](OC3CN([C@H]6CCCNC6=O)CCO3)C(C)(C)[C@@H]5CC[C@H]4[C@]1(C)[C@H]2O. The first-order valence-electron chi connectivity index (χ1n) is 19.5. The molecule has 9 heteroatoms. The Hall–Kier alpha value is -0.810. The number of carbonyl (C=O) groups is 1. The Morgan fingerprint density at radius 1 is 1.04 bits per heavy atom. The standard InChI is InChI=1S/C39H64N2O7/c1-22-19-24(31(42)35(4,5)45)47-30-29(22)36(6)14-15-39-21-38(39)13-12-27(34(2,3)25(38)10-11-26(39)37(36,7)32(30)43)48-28-20-41(17-18-46-28)23-9-8-16-40-33(23)44/h22-32,42-43,45H,8-21H2,1-7H3,(H,40,44)/t22-,23+,24?,25+,26+,27+,28?,29?,30?,31+,32+,36-,37-,38-,39?/m1/s1. The van der Waals surface area contributed by atoms with Crippen LogP contribution in [0.5, 0.6) is 0 Å². The lowest BCUT2D eigenvalue weighted by Crippen LogP contribution is -2.60. The summed E-state index contributed by atoms with van der Waals surface area (Å²) in [5.74, 6) is 1.69. The highest BCUT2D eigenvalue weighted by Gasteiger charge is 2.84. The van der Waals surface area contributed by atoms with Crippen LogP contribution in [0.3, 0.4) is 0 Å². The number of nitrogens with one attached hydrogen (secondary N) is 1. The minimum absolute atomic E-state index is 0.00257. The molecule has 0 aromatic rings. The van der Waals surface area contributed by atoms with Crippen molar-refractivity contribution in [2.45, 2.75) is 161 Å². The molecule has 48 heavy (non-hydrogen) atoms. The van der Waals surface area contributed by atoms with Crippen molar-refractivity contribution >= 4 is 5.91 Å². The van der Waals surface area contributed by atoms with Gasteiger partial charge in [0.1, 0.15) is 6.10 Å². The molecule has 5 aliphatic carbocycles. The zero-order valence-corrected chi connectivity index (χ0v) is 30.7. The molecule has 4 N–H and O–H groups in total. The smallest absolute Gasteiger partial charge is 0.237 e. The second kappa shape index (κ2) is 11.1. The van der Waals surface area contributed by atoms with Gasteiger partial charge in [0.25, 0.3) is 0 Å². The Labute approximate surface area is 288 Å². The maximum absolute atomic E-state index is 12.6. The van der Waals surface area contributed by atoms with Crippen LogP contribution >= 0.6 is 0 Å². The molecule has 0 bridgehead atoms. The number of piperidine rings is 1. The third kappa shape index (κ3) is 4.49. The van der Waals surface area contributed by atoms with E-state index in [-0.39, 0.29) is 58.0 Å². The molecule has 5 saturated carbocycles. The van der Waals surface area contributed by atoms with Gasteiger partial charge in [0, 0.05) is 18.5 Å². The number of aliphatic hydroxyl groups excluding tert-OH is 2. The molecule has 8 fully saturated rings. The highest BCUT2D eigenvalue weighted by molar-refractivity contribution is 5.82. The van der Waals surface area contributed by atoms with E-state index in [9.17, 15) is 20.1 Å². The summed E-state index contributed by atoms with van der Waals surface area (Å²) < 4.78 is 19.8. The largest absolute Gasteiger partial charge is 0.390 e. The van der Waals surface area contributed by atoms with E-state index in [0.29, 0.717) is 42.7 Å². The lowest BCUT2D eigenvalue weighted by atomic mass is 9.41. The van der Waals surface area contributed by atoms with Crippen molar-refractivity contribution in [1.29, 1.82) is 0 Å². The third-order valence-electron chi connectivity index (χ3n) is 16.9. The van der Waals surface area contributed by atoms with Crippen molar-refractivity contribution in [1.82, 2.24) is 10.2 Å². The third-order valence-corrected chi connectivity index (χ3v) is 16.9. The van der Waals surface area contributed by atoms with Crippen LogP contribution in [0.4, 0.5) is 0 Å². The topological polar surface area (TPSA) is 121 Å². The normalized spacial score (nSPS) is 53.8. The van der Waals surface area contributed by atoms with E-state index in [1.165, 1.54) is 19.3 Å². The van der Waals surface area contributed by atoms with Crippen LogP contribution in [0.25, 0.3) is 0 Å². The molecule has 272 valence electrons. The summed E-state index contributed by atoms with van der Waals surface area (Å²) in [6.07, 6.45) is 8.17. The van der Waals surface area contributed by atoms with Crippen LogP contribution in [-0.4, -0.2) is 101 Å². The molecule has 3 saturated heterocycles. The second-order valence-corrected chi connectivity index (χ2v) is 19.5. The average molecular weight is 673 g/mol. The summed E-state index contributed by atoms with van der Waals surface area (Å²) in [6.45, 7) is 18.1. The maximum atomic E-state index is 12.6. The highest BCUT2D eigenvalue weighted by atomic mass is 16.7. The van der Waals surface area contributed by atoms with Gasteiger partial charge < -0.3 is 34.8 Å². The van der Waals surface area contributed by atoms with Crippen LogP contribution in [0.15, 0.2) is 0 Å². The van der Waals surface area contributed by atoms with Gasteiger partial charge in [-0.25, -0.2) is 0 Å². The Morgan fingerprint density at radius 2 is 1.77 bits per heavy atom. The molecular formula is C39H64N2O7. The van der Waals surface area contributed by atoms with Gasteiger partial charge in [-0.3, -0.25) is 9.69 Å². The van der Waals surface area contributed by atoms with Crippen molar-refractivity contribution in [2.75, 3.05) is 26.2 Å². The molecule has 5 unspecified atom stereocenters. The minimum Gasteiger partial charge on any atom is -0.390 e. The molecule has 9 nitrogen and oxygen atoms in total. The van der Waals surface area contributed by atoms with E-state index < -0.39 is 23.9 Å². The fourth-order valence-corrected chi connectivity index (χ4v) is 14.5. The highest BCUT2D eigenvalue weighted by Crippen LogP contribution is 2.89. The molecule has 2 spiro atoms. The summed E-state index contributed by atoms with van der Waals surface area (Å²) in [5, 5.41) is 37.2. The average Bonchev–Trinajstić information content (AvgIpc) is 3.66. The van der Waals surface area contributed by atoms with Gasteiger partial charge in [-0.2, -0.15) is 0 Å². The van der Waals surface area contributed by atoms with Crippen LogP contribution in [0, 0.1) is 50.7 Å². The van der Waals surface area contributed by atoms with E-state index in [2.05, 4.69) is 44.8 Å². The molecule has 0 radical (unpaired) electrons. The predicted octanol–water partition coefficient (Wildman–Crippen LogP) is 4.25. The van der Waals surface area contributed by atoms with E-state index in [1.54, 1.807) is 13.8 Å². The van der Waals surface area contributed by atoms with E-state index in [1.807, 2.05) is 0 Å². The molecule has 1 amide bonds. The summed E-state index contributed by atoms with van der Waals surface area (Å²) in [6, 6.07) is -0.0723. The monoisotopic (exact) mass is 672 g/mol. The summed E-state index contributed by atoms with van der Waals surface area (Å²) in [7, 11) is 0. The molecule has 8 rings (SSSR count). The number of fused-ring (bicyclic) bond motifs is 4. The molecule has 8 aliphatic rings. The van der Waals surface area contributed by atoms with Gasteiger partial charge in [0.15, 0.2) is 6.29 Å². The summed E-state index contributed by atoms with van der Waals surface area (Å²) >= 11 is 0. The number of hydrogen-bond acceptors (Lipinski definition) is 8. The number of rotatable bonds is 5. The lowest BCUT2D eigenvalue weighted by molar-refractivity contribution is -0.251. The van der Waals surface area contributed by atoms with E-state index in [0.717, 1.165) is 51.6 Å². The molecule has 3 heterocycles. The molecule has 15 atom stereocenters. The van der Waals surface area contributed by atoms with Crippen LogP contribution in [0.1, 0.15) is 113 Å². The van der Waals surface area contributed by atoms with Gasteiger partial charge in [0.05, 0.1) is 49.2 Å². The van der Waals surface area contributed by atoms with E-state index >= 15 is 0 Å². The van der Waals surface area contributed by atoms with Gasteiger partial charge in [-0.05, 0) is 123 Å². The Morgan fingerprint density at radius 3 is 2.50 bits per heavy atom. The van der Waals surface area contributed by atoms with Crippen molar-refractivity contribution in [3.05, 3.63) is 0 Å². The Balaban J connectivity index is 1.01. The Bertz CT molecular complexity index is 1290. The first-order chi connectivity index (χ1) is 22.5. The first-order valence-corrected chi connectivity index (χ1v) is 19.5. The first kappa shape index (κ1) is 34.3. The van der Waals surface area contributed by atoms with Crippen LogP contribution in [-0.2, 0) is 19.0 Å². The van der Waals surface area contributed by atoms with Crippen molar-refractivity contribution in [3.63, 3.8) is 0 Å². The van der Waals surface area contributed by atoms with Gasteiger partial charge >= 0.3 is 0 Å². The molecule has 0 aromatic heterocycles. The lowest BCUT2D eigenvalue weighted by Gasteiger charge is -2.64. The zero-order chi connectivity index (χ0) is 34.2. The number of aliphatic hydroxyl groups is 3. The van der Waals surface area contributed by atoms with Gasteiger partial charge in [0.2, 0.25) is 5.91 Å². The fourth-order valence-electron chi connectivity index (χ4n) is 14.5. The number of hydrogen-bond donors (Lipinski definition) is 4. The second-order valence-electron chi connectivity index (χ2n) is 19.5. The quantitative estimate of drug-likeness (QED) is 0.342. The van der Waals surface area contributed by atoms with Crippen LogP contribution < -0.4 is 5.32 Å². The van der Waals surface area contributed by atoms with Gasteiger partial charge in [-0.1, -0.05) is 34.6 Å². The number of ether oxygens (including phenoxy) is 3.